The van der Waals surface area contributed by atoms with Crippen LogP contribution in [0.4, 0.5) is 10.2 Å². The normalized spacial score (nSPS) is 10.9. The molecule has 6 nitrogen and oxygen atoms in total. The molecule has 4 rings (SSSR count). The van der Waals surface area contributed by atoms with Gasteiger partial charge in [0.15, 0.2) is 11.6 Å². The fourth-order valence-electron chi connectivity index (χ4n) is 2.87. The van der Waals surface area contributed by atoms with Crippen molar-refractivity contribution in [3.05, 3.63) is 98.2 Å². The summed E-state index contributed by atoms with van der Waals surface area (Å²) in [5.41, 5.74) is 0.302. The Kier molecular flexibility index (Phi) is 6.83. The summed E-state index contributed by atoms with van der Waals surface area (Å²) in [7, 11) is 0. The van der Waals surface area contributed by atoms with Gasteiger partial charge in [-0.1, -0.05) is 41.4 Å². The molecule has 0 saturated carbocycles. The number of amides is 1. The number of ether oxygens (including phenoxy) is 1. The molecule has 2 heterocycles. The molecule has 2 aromatic heterocycles. The molecule has 0 aliphatic carbocycles. The Hall–Kier alpha value is -2.81. The first kappa shape index (κ1) is 22.4. The van der Waals surface area contributed by atoms with E-state index in [4.69, 9.17) is 32.4 Å². The first-order valence-corrected chi connectivity index (χ1v) is 10.9. The maximum absolute atomic E-state index is 14.0. The molecule has 10 heteroatoms. The van der Waals surface area contributed by atoms with Crippen molar-refractivity contribution >= 4 is 50.9 Å². The molecule has 2 aromatic carbocycles. The van der Waals surface area contributed by atoms with Gasteiger partial charge in [-0.25, -0.2) is 4.39 Å². The molecule has 0 unspecified atom stereocenters. The van der Waals surface area contributed by atoms with Gasteiger partial charge in [-0.3, -0.25) is 9.48 Å². The van der Waals surface area contributed by atoms with E-state index in [1.165, 1.54) is 22.9 Å². The number of nitrogens with one attached hydrogen (secondary N) is 1. The highest BCUT2D eigenvalue weighted by Gasteiger charge is 2.17. The standard InChI is InChI=1S/C22H15BrCl2FN3O3/c23-15-11-29(10-14-16(24)5-3-6-18(14)26)28-21(15)27-22(30)20-9-8-13(32-20)12-31-19-7-2-1-4-17(19)25/h1-9,11H,10,12H2,(H,27,28,30). The van der Waals surface area contributed by atoms with Crippen molar-refractivity contribution in [2.45, 2.75) is 13.2 Å². The second-order valence-corrected chi connectivity index (χ2v) is 8.33. The van der Waals surface area contributed by atoms with E-state index in [0.29, 0.717) is 31.6 Å². The number of hydrogen-bond donors (Lipinski definition) is 1. The van der Waals surface area contributed by atoms with Gasteiger partial charge in [0, 0.05) is 16.8 Å². The van der Waals surface area contributed by atoms with Gasteiger partial charge in [0.1, 0.15) is 23.9 Å². The highest BCUT2D eigenvalue weighted by Crippen LogP contribution is 2.26. The number of aromatic nitrogens is 2. The molecule has 1 N–H and O–H groups in total. The zero-order valence-corrected chi connectivity index (χ0v) is 19.4. The van der Waals surface area contributed by atoms with Crippen LogP contribution in [-0.4, -0.2) is 15.7 Å². The number of halogens is 4. The lowest BCUT2D eigenvalue weighted by atomic mass is 10.2. The Morgan fingerprint density at radius 3 is 2.69 bits per heavy atom. The van der Waals surface area contributed by atoms with E-state index < -0.39 is 11.7 Å². The van der Waals surface area contributed by atoms with E-state index in [1.807, 2.05) is 0 Å². The summed E-state index contributed by atoms with van der Waals surface area (Å²) < 4.78 is 27.2. The minimum Gasteiger partial charge on any atom is -0.484 e. The zero-order valence-electron chi connectivity index (χ0n) is 16.3. The van der Waals surface area contributed by atoms with Crippen LogP contribution in [-0.2, 0) is 13.2 Å². The predicted molar refractivity (Wildman–Crippen MR) is 123 cm³/mol. The topological polar surface area (TPSA) is 69.3 Å². The van der Waals surface area contributed by atoms with Gasteiger partial charge in [0.05, 0.1) is 16.0 Å². The van der Waals surface area contributed by atoms with E-state index in [1.54, 1.807) is 42.6 Å². The quantitative estimate of drug-likeness (QED) is 0.289. The number of hydrogen-bond acceptors (Lipinski definition) is 4. The van der Waals surface area contributed by atoms with Gasteiger partial charge in [-0.2, -0.15) is 5.10 Å². The van der Waals surface area contributed by atoms with Crippen LogP contribution in [0.25, 0.3) is 0 Å². The number of anilines is 1. The monoisotopic (exact) mass is 537 g/mol. The van der Waals surface area contributed by atoms with Crippen molar-refractivity contribution in [3.8, 4) is 5.75 Å². The molecule has 0 atom stereocenters. The van der Waals surface area contributed by atoms with Gasteiger partial charge in [-0.05, 0) is 52.3 Å². The zero-order chi connectivity index (χ0) is 22.7. The number of carbonyl (C=O) groups is 1. The fourth-order valence-corrected chi connectivity index (χ4v) is 3.69. The smallest absolute Gasteiger partial charge is 0.292 e. The minimum absolute atomic E-state index is 0.0846. The first-order valence-electron chi connectivity index (χ1n) is 9.34. The average Bonchev–Trinajstić information content (AvgIpc) is 3.37. The number of benzene rings is 2. The van der Waals surface area contributed by atoms with Crippen LogP contribution in [0.3, 0.4) is 0 Å². The second kappa shape index (κ2) is 9.77. The lowest BCUT2D eigenvalue weighted by Gasteiger charge is -2.06. The summed E-state index contributed by atoms with van der Waals surface area (Å²) >= 11 is 15.5. The van der Waals surface area contributed by atoms with Crippen LogP contribution in [0, 0.1) is 5.82 Å². The Morgan fingerprint density at radius 2 is 1.91 bits per heavy atom. The van der Waals surface area contributed by atoms with E-state index in [-0.39, 0.29) is 24.7 Å². The van der Waals surface area contributed by atoms with Gasteiger partial charge in [0.2, 0.25) is 0 Å². The van der Waals surface area contributed by atoms with Crippen molar-refractivity contribution in [1.29, 1.82) is 0 Å². The summed E-state index contributed by atoms with van der Waals surface area (Å²) in [5, 5.41) is 7.71. The van der Waals surface area contributed by atoms with Crippen LogP contribution in [0.15, 0.2) is 69.7 Å². The van der Waals surface area contributed by atoms with E-state index >= 15 is 0 Å². The highest BCUT2D eigenvalue weighted by atomic mass is 79.9. The maximum atomic E-state index is 14.0. The van der Waals surface area contributed by atoms with Crippen molar-refractivity contribution in [3.63, 3.8) is 0 Å². The molecule has 0 fully saturated rings. The van der Waals surface area contributed by atoms with Crippen LogP contribution in [0.1, 0.15) is 21.9 Å². The van der Waals surface area contributed by atoms with Gasteiger partial charge in [0.25, 0.3) is 5.91 Å². The summed E-state index contributed by atoms with van der Waals surface area (Å²) in [5.74, 6) is 0.379. The molecular weight excluding hydrogens is 524 g/mol. The highest BCUT2D eigenvalue weighted by molar-refractivity contribution is 9.10. The van der Waals surface area contributed by atoms with Crippen LogP contribution < -0.4 is 10.1 Å². The number of carbonyl (C=O) groups excluding carboxylic acids is 1. The molecule has 32 heavy (non-hydrogen) atoms. The fraction of sp³-hybridized carbons (Fsp3) is 0.0909. The molecule has 0 aliphatic rings. The van der Waals surface area contributed by atoms with Gasteiger partial charge >= 0.3 is 0 Å². The minimum atomic E-state index is -0.496. The van der Waals surface area contributed by atoms with E-state index in [9.17, 15) is 9.18 Å². The van der Waals surface area contributed by atoms with E-state index in [0.717, 1.165) is 0 Å². The van der Waals surface area contributed by atoms with Crippen molar-refractivity contribution in [1.82, 2.24) is 9.78 Å². The van der Waals surface area contributed by atoms with Crippen molar-refractivity contribution < 1.29 is 18.3 Å². The maximum Gasteiger partial charge on any atom is 0.292 e. The van der Waals surface area contributed by atoms with Crippen LogP contribution in [0.5, 0.6) is 5.75 Å². The molecular formula is C22H15BrCl2FN3O3. The van der Waals surface area contributed by atoms with Gasteiger partial charge in [-0.15, -0.1) is 0 Å². The largest absolute Gasteiger partial charge is 0.484 e. The third-order valence-electron chi connectivity index (χ3n) is 4.42. The van der Waals surface area contributed by atoms with Gasteiger partial charge < -0.3 is 14.5 Å². The third-order valence-corrected chi connectivity index (χ3v) is 5.67. The molecule has 164 valence electrons. The first-order chi connectivity index (χ1) is 15.4. The lowest BCUT2D eigenvalue weighted by Crippen LogP contribution is -2.12. The molecule has 0 saturated heterocycles. The predicted octanol–water partition coefficient (Wildman–Crippen LogP) is 6.56. The van der Waals surface area contributed by atoms with Crippen LogP contribution >= 0.6 is 39.1 Å². The number of nitrogens with zero attached hydrogens (tertiary/aromatic N) is 2. The molecule has 0 bridgehead atoms. The Balaban J connectivity index is 1.41. The summed E-state index contributed by atoms with van der Waals surface area (Å²) in [6, 6.07) is 14.7. The van der Waals surface area contributed by atoms with Crippen molar-refractivity contribution in [2.24, 2.45) is 0 Å². The summed E-state index contributed by atoms with van der Waals surface area (Å²) in [6.07, 6.45) is 1.61. The third kappa shape index (κ3) is 5.15. The Bertz CT molecular complexity index is 1250. The summed E-state index contributed by atoms with van der Waals surface area (Å²) in [4.78, 5) is 12.6. The number of furan rings is 1. The Labute approximate surface area is 201 Å². The molecule has 4 aromatic rings. The molecule has 0 spiro atoms. The van der Waals surface area contributed by atoms with Crippen LogP contribution in [0.2, 0.25) is 10.0 Å². The molecule has 0 aliphatic heterocycles. The second-order valence-electron chi connectivity index (χ2n) is 6.66. The summed E-state index contributed by atoms with van der Waals surface area (Å²) in [6.45, 7) is 0.211. The number of rotatable bonds is 7. The van der Waals surface area contributed by atoms with E-state index in [2.05, 4.69) is 26.3 Å². The Morgan fingerprint density at radius 1 is 1.12 bits per heavy atom. The molecule has 1 amide bonds. The lowest BCUT2D eigenvalue weighted by molar-refractivity contribution is 0.0992. The SMILES string of the molecule is O=C(Nc1nn(Cc2c(F)cccc2Cl)cc1Br)c1ccc(COc2ccccc2Cl)o1. The molecule has 0 radical (unpaired) electrons. The van der Waals surface area contributed by atoms with Crippen molar-refractivity contribution in [2.75, 3.05) is 5.32 Å². The average molecular weight is 539 g/mol. The number of para-hydroxylation sites is 1.